The van der Waals surface area contributed by atoms with E-state index in [9.17, 15) is 5.11 Å². The lowest BCUT2D eigenvalue weighted by molar-refractivity contribution is 0.148. The van der Waals surface area contributed by atoms with Crippen LogP contribution in [0.4, 0.5) is 0 Å². The summed E-state index contributed by atoms with van der Waals surface area (Å²) in [5, 5.41) is 12.8. The van der Waals surface area contributed by atoms with Gasteiger partial charge in [-0.1, -0.05) is 0 Å². The van der Waals surface area contributed by atoms with Crippen molar-refractivity contribution in [3.63, 3.8) is 0 Å². The second-order valence-corrected chi connectivity index (χ2v) is 4.47. The van der Waals surface area contributed by atoms with Gasteiger partial charge in [0.1, 0.15) is 0 Å². The zero-order valence-electron chi connectivity index (χ0n) is 7.44. The van der Waals surface area contributed by atoms with Crippen LogP contribution in [0, 0.1) is 5.92 Å². The molecule has 0 amide bonds. The molecule has 1 aromatic heterocycles. The Bertz CT molecular complexity index is 246. The van der Waals surface area contributed by atoms with E-state index in [2.05, 4.69) is 10.3 Å². The van der Waals surface area contributed by atoms with Crippen molar-refractivity contribution in [1.29, 1.82) is 0 Å². The molecule has 0 aromatic carbocycles. The summed E-state index contributed by atoms with van der Waals surface area (Å²) in [5.74, 6) is 0.564. The number of hydrogen-bond acceptors (Lipinski definition) is 4. The van der Waals surface area contributed by atoms with Gasteiger partial charge in [0.25, 0.3) is 0 Å². The molecule has 1 aromatic rings. The standard InChI is InChI=1S/C9H14N2OS/c12-9(7-1-2-7)5-10-3-8-4-11-6-13-8/h4,6-7,9-10,12H,1-3,5H2. The maximum Gasteiger partial charge on any atom is 0.0794 e. The molecule has 3 nitrogen and oxygen atoms in total. The van der Waals surface area contributed by atoms with Crippen LogP contribution in [-0.2, 0) is 6.54 Å². The number of aromatic nitrogens is 1. The van der Waals surface area contributed by atoms with E-state index in [0.717, 1.165) is 6.54 Å². The predicted molar refractivity (Wildman–Crippen MR) is 52.6 cm³/mol. The van der Waals surface area contributed by atoms with Crippen LogP contribution in [0.3, 0.4) is 0 Å². The Balaban J connectivity index is 1.63. The summed E-state index contributed by atoms with van der Waals surface area (Å²) in [4.78, 5) is 5.21. The van der Waals surface area contributed by atoms with Crippen molar-refractivity contribution in [1.82, 2.24) is 10.3 Å². The number of nitrogens with one attached hydrogen (secondary N) is 1. The summed E-state index contributed by atoms with van der Waals surface area (Å²) in [6.07, 6.45) is 4.11. The fraction of sp³-hybridized carbons (Fsp3) is 0.667. The van der Waals surface area contributed by atoms with E-state index in [1.54, 1.807) is 11.3 Å². The number of nitrogens with zero attached hydrogens (tertiary/aromatic N) is 1. The van der Waals surface area contributed by atoms with Gasteiger partial charge in [-0.15, -0.1) is 11.3 Å². The van der Waals surface area contributed by atoms with Crippen LogP contribution in [0.2, 0.25) is 0 Å². The molecule has 1 heterocycles. The molecule has 4 heteroatoms. The van der Waals surface area contributed by atoms with E-state index in [1.807, 2.05) is 11.7 Å². The number of thiazole rings is 1. The first-order valence-corrected chi connectivity index (χ1v) is 5.50. The second kappa shape index (κ2) is 4.17. The average Bonchev–Trinajstić information content (AvgIpc) is 2.86. The first-order chi connectivity index (χ1) is 6.36. The molecular formula is C9H14N2OS. The van der Waals surface area contributed by atoms with Gasteiger partial charge >= 0.3 is 0 Å². The van der Waals surface area contributed by atoms with Crippen molar-refractivity contribution in [2.75, 3.05) is 6.54 Å². The molecule has 1 atom stereocenters. The number of hydrogen-bond donors (Lipinski definition) is 2. The minimum absolute atomic E-state index is 0.145. The zero-order valence-corrected chi connectivity index (χ0v) is 8.26. The Labute approximate surface area is 81.8 Å². The molecule has 0 radical (unpaired) electrons. The summed E-state index contributed by atoms with van der Waals surface area (Å²) in [6, 6.07) is 0. The molecule has 72 valence electrons. The molecule has 1 aliphatic carbocycles. The van der Waals surface area contributed by atoms with E-state index in [0.29, 0.717) is 12.5 Å². The molecule has 0 spiro atoms. The summed E-state index contributed by atoms with van der Waals surface area (Å²) in [5.41, 5.74) is 1.83. The summed E-state index contributed by atoms with van der Waals surface area (Å²) in [6.45, 7) is 1.54. The third-order valence-electron chi connectivity index (χ3n) is 2.30. The zero-order chi connectivity index (χ0) is 9.10. The lowest BCUT2D eigenvalue weighted by atomic mass is 10.2. The van der Waals surface area contributed by atoms with Gasteiger partial charge in [0.15, 0.2) is 0 Å². The van der Waals surface area contributed by atoms with E-state index in [1.165, 1.54) is 17.7 Å². The largest absolute Gasteiger partial charge is 0.392 e. The van der Waals surface area contributed by atoms with Gasteiger partial charge in [-0.25, -0.2) is 0 Å². The van der Waals surface area contributed by atoms with Crippen LogP contribution in [0.5, 0.6) is 0 Å². The fourth-order valence-electron chi connectivity index (χ4n) is 1.32. The van der Waals surface area contributed by atoms with Crippen molar-refractivity contribution in [3.05, 3.63) is 16.6 Å². The van der Waals surface area contributed by atoms with Crippen LogP contribution in [-0.4, -0.2) is 22.7 Å². The monoisotopic (exact) mass is 198 g/mol. The number of aliphatic hydroxyl groups excluding tert-OH is 1. The second-order valence-electron chi connectivity index (χ2n) is 3.50. The average molecular weight is 198 g/mol. The van der Waals surface area contributed by atoms with Crippen molar-refractivity contribution in [3.8, 4) is 0 Å². The van der Waals surface area contributed by atoms with E-state index >= 15 is 0 Å². The number of rotatable bonds is 5. The highest BCUT2D eigenvalue weighted by Crippen LogP contribution is 2.32. The highest BCUT2D eigenvalue weighted by atomic mass is 32.1. The molecular weight excluding hydrogens is 184 g/mol. The van der Waals surface area contributed by atoms with E-state index < -0.39 is 0 Å². The summed E-state index contributed by atoms with van der Waals surface area (Å²) in [7, 11) is 0. The Morgan fingerprint density at radius 1 is 1.69 bits per heavy atom. The van der Waals surface area contributed by atoms with Crippen LogP contribution in [0.15, 0.2) is 11.7 Å². The minimum Gasteiger partial charge on any atom is -0.392 e. The van der Waals surface area contributed by atoms with Gasteiger partial charge < -0.3 is 10.4 Å². The van der Waals surface area contributed by atoms with Crippen LogP contribution >= 0.6 is 11.3 Å². The van der Waals surface area contributed by atoms with Gasteiger partial charge in [0, 0.05) is 24.2 Å². The predicted octanol–water partition coefficient (Wildman–Crippen LogP) is 1.00. The molecule has 2 N–H and O–H groups in total. The van der Waals surface area contributed by atoms with Crippen LogP contribution in [0.1, 0.15) is 17.7 Å². The lowest BCUT2D eigenvalue weighted by Crippen LogP contribution is -2.27. The molecule has 0 saturated heterocycles. The van der Waals surface area contributed by atoms with E-state index in [4.69, 9.17) is 0 Å². The van der Waals surface area contributed by atoms with Gasteiger partial charge in [-0.2, -0.15) is 0 Å². The summed E-state index contributed by atoms with van der Waals surface area (Å²) >= 11 is 1.64. The molecule has 0 bridgehead atoms. The molecule has 1 unspecified atom stereocenters. The van der Waals surface area contributed by atoms with Gasteiger partial charge in [0.05, 0.1) is 11.6 Å². The lowest BCUT2D eigenvalue weighted by Gasteiger charge is -2.09. The van der Waals surface area contributed by atoms with Gasteiger partial charge in [-0.3, -0.25) is 4.98 Å². The van der Waals surface area contributed by atoms with E-state index in [-0.39, 0.29) is 6.10 Å². The SMILES string of the molecule is OC(CNCc1cncs1)C1CC1. The Morgan fingerprint density at radius 2 is 2.54 bits per heavy atom. The summed E-state index contributed by atoms with van der Waals surface area (Å²) < 4.78 is 0. The van der Waals surface area contributed by atoms with Crippen molar-refractivity contribution >= 4 is 11.3 Å². The minimum atomic E-state index is -0.145. The molecule has 2 rings (SSSR count). The highest BCUT2D eigenvalue weighted by Gasteiger charge is 2.28. The van der Waals surface area contributed by atoms with Crippen molar-refractivity contribution < 1.29 is 5.11 Å². The number of aliphatic hydroxyl groups is 1. The Morgan fingerprint density at radius 3 is 3.15 bits per heavy atom. The third kappa shape index (κ3) is 2.76. The molecule has 13 heavy (non-hydrogen) atoms. The quantitative estimate of drug-likeness (QED) is 0.742. The molecule has 1 fully saturated rings. The van der Waals surface area contributed by atoms with Crippen LogP contribution in [0.25, 0.3) is 0 Å². The first-order valence-electron chi connectivity index (χ1n) is 4.62. The van der Waals surface area contributed by atoms with Gasteiger partial charge in [0.2, 0.25) is 0 Å². The maximum atomic E-state index is 9.54. The molecule has 1 saturated carbocycles. The van der Waals surface area contributed by atoms with Crippen LogP contribution < -0.4 is 5.32 Å². The highest BCUT2D eigenvalue weighted by molar-refractivity contribution is 7.09. The fourth-order valence-corrected chi connectivity index (χ4v) is 1.88. The normalized spacial score (nSPS) is 18.8. The van der Waals surface area contributed by atoms with Crippen molar-refractivity contribution in [2.24, 2.45) is 5.92 Å². The Hall–Kier alpha value is -0.450. The first kappa shape index (κ1) is 9.12. The van der Waals surface area contributed by atoms with Crippen molar-refractivity contribution in [2.45, 2.75) is 25.5 Å². The molecule has 0 aliphatic heterocycles. The maximum absolute atomic E-state index is 9.54. The Kier molecular flexibility index (Phi) is 2.93. The molecule has 1 aliphatic rings. The third-order valence-corrected chi connectivity index (χ3v) is 3.08. The topological polar surface area (TPSA) is 45.1 Å². The van der Waals surface area contributed by atoms with Gasteiger partial charge in [-0.05, 0) is 18.8 Å². The smallest absolute Gasteiger partial charge is 0.0794 e.